The molecule has 2 N–H and O–H groups in total. The first kappa shape index (κ1) is 33.4. The predicted molar refractivity (Wildman–Crippen MR) is 194 cm³/mol. The normalized spacial score (nSPS) is 14.6. The number of nitrogens with zero attached hydrogens (tertiary/aromatic N) is 5. The number of hydrogen-bond acceptors (Lipinski definition) is 7. The monoisotopic (exact) mass is 733 g/mol. The van der Waals surface area contributed by atoms with E-state index in [0.29, 0.717) is 23.5 Å². The van der Waals surface area contributed by atoms with Crippen molar-refractivity contribution in [2.24, 2.45) is 4.99 Å². The summed E-state index contributed by atoms with van der Waals surface area (Å²) in [4.78, 5) is 38.7. The molecule has 7 aromatic rings. The van der Waals surface area contributed by atoms with Gasteiger partial charge >= 0.3 is 5.97 Å². The van der Waals surface area contributed by atoms with E-state index < -0.39 is 40.8 Å². The fourth-order valence-electron chi connectivity index (χ4n) is 6.80. The molecule has 0 bridgehead atoms. The highest BCUT2D eigenvalue weighted by molar-refractivity contribution is 6.07. The highest BCUT2D eigenvalue weighted by Gasteiger charge is 2.29. The first-order valence-corrected chi connectivity index (χ1v) is 17.1. The summed E-state index contributed by atoms with van der Waals surface area (Å²) in [5.74, 6) is -12.8. The van der Waals surface area contributed by atoms with Gasteiger partial charge in [0.1, 0.15) is 11.6 Å². The van der Waals surface area contributed by atoms with Crippen molar-refractivity contribution in [3.05, 3.63) is 125 Å². The zero-order valence-corrected chi connectivity index (χ0v) is 28.5. The van der Waals surface area contributed by atoms with E-state index in [4.69, 9.17) is 15.0 Å². The minimum atomic E-state index is -2.35. The van der Waals surface area contributed by atoms with Gasteiger partial charge < -0.3 is 24.5 Å². The molecule has 270 valence electrons. The van der Waals surface area contributed by atoms with Crippen molar-refractivity contribution >= 4 is 45.1 Å². The van der Waals surface area contributed by atoms with E-state index in [1.54, 1.807) is 12.1 Å². The van der Waals surface area contributed by atoms with Crippen LogP contribution < -0.4 is 9.64 Å². The molecule has 9 rings (SSSR count). The lowest BCUT2D eigenvalue weighted by Crippen LogP contribution is -2.44. The van der Waals surface area contributed by atoms with Gasteiger partial charge in [0.2, 0.25) is 34.8 Å². The Balaban J connectivity index is 0.918. The summed E-state index contributed by atoms with van der Waals surface area (Å²) in [6, 6.07) is 24.0. The lowest BCUT2D eigenvalue weighted by atomic mass is 10.0. The number of carbonyl (C=O) groups excluding carboxylic acids is 1. The van der Waals surface area contributed by atoms with Crippen LogP contribution in [-0.2, 0) is 6.42 Å². The number of imidazole rings is 2. The molecule has 2 aliphatic heterocycles. The first-order valence-electron chi connectivity index (χ1n) is 17.1. The maximum absolute atomic E-state index is 14.0. The van der Waals surface area contributed by atoms with Gasteiger partial charge in [0.15, 0.2) is 0 Å². The highest BCUT2D eigenvalue weighted by Crippen LogP contribution is 2.35. The number of hydrogen-bond donors (Lipinski definition) is 2. The topological polar surface area (TPSA) is 103 Å². The van der Waals surface area contributed by atoms with Gasteiger partial charge in [0.05, 0.1) is 39.0 Å². The Hall–Kier alpha value is -6.41. The third kappa shape index (κ3) is 5.84. The van der Waals surface area contributed by atoms with E-state index in [-0.39, 0.29) is 5.56 Å². The fraction of sp³-hybridized carbons (Fsp3) is 0.150. The molecule has 2 aromatic heterocycles. The summed E-state index contributed by atoms with van der Waals surface area (Å²) in [6.07, 6.45) is 0.502. The van der Waals surface area contributed by atoms with E-state index in [0.717, 1.165) is 76.4 Å². The number of ether oxygens (including phenoxy) is 1. The van der Waals surface area contributed by atoms with E-state index in [1.807, 2.05) is 36.4 Å². The number of esters is 1. The van der Waals surface area contributed by atoms with Crippen molar-refractivity contribution in [2.75, 3.05) is 38.1 Å². The Morgan fingerprint density at radius 3 is 1.93 bits per heavy atom. The molecule has 4 heterocycles. The van der Waals surface area contributed by atoms with E-state index in [1.165, 1.54) is 17.8 Å². The number of aromatic amines is 2. The second kappa shape index (κ2) is 12.9. The summed E-state index contributed by atoms with van der Waals surface area (Å²) >= 11 is 0. The number of piperazine rings is 1. The van der Waals surface area contributed by atoms with Gasteiger partial charge in [-0.2, -0.15) is 8.78 Å². The van der Waals surface area contributed by atoms with Crippen molar-refractivity contribution in [3.63, 3.8) is 0 Å². The SMILES string of the molecule is CN1CCN(c2ccc3[nH]c(-c4ccc5[nH]c(-c6ccc7c(c6)N=C(c6ccc(C(=O)Oc8c(F)c(F)c(F)c(F)c8F)cc6)C7)nc5c4)nc3c2)CC1. The highest BCUT2D eigenvalue weighted by atomic mass is 19.2. The van der Waals surface area contributed by atoms with Crippen LogP contribution in [0.2, 0.25) is 0 Å². The van der Waals surface area contributed by atoms with E-state index in [2.05, 4.69) is 49.8 Å². The Morgan fingerprint density at radius 1 is 0.667 bits per heavy atom. The van der Waals surface area contributed by atoms with Crippen LogP contribution in [0.3, 0.4) is 0 Å². The minimum Gasteiger partial charge on any atom is -0.416 e. The van der Waals surface area contributed by atoms with Crippen LogP contribution in [0.4, 0.5) is 33.3 Å². The summed E-state index contributed by atoms with van der Waals surface area (Å²) in [5.41, 5.74) is 9.37. The molecule has 0 aliphatic carbocycles. The Bertz CT molecular complexity index is 2650. The minimum absolute atomic E-state index is 0.162. The number of rotatable bonds is 6. The molecule has 5 aromatic carbocycles. The molecule has 2 aliphatic rings. The summed E-state index contributed by atoms with van der Waals surface area (Å²) in [7, 11) is 2.14. The quantitative estimate of drug-likeness (QED) is 0.0589. The van der Waals surface area contributed by atoms with Crippen LogP contribution in [0.25, 0.3) is 44.8 Å². The zero-order chi connectivity index (χ0) is 37.2. The maximum atomic E-state index is 14.0. The van der Waals surface area contributed by atoms with Crippen molar-refractivity contribution in [3.8, 4) is 28.5 Å². The Kier molecular flexibility index (Phi) is 7.99. The van der Waals surface area contributed by atoms with Crippen LogP contribution in [-0.4, -0.2) is 69.7 Å². The third-order valence-electron chi connectivity index (χ3n) is 9.88. The van der Waals surface area contributed by atoms with E-state index >= 15 is 0 Å². The van der Waals surface area contributed by atoms with Gasteiger partial charge in [-0.1, -0.05) is 24.3 Å². The smallest absolute Gasteiger partial charge is 0.343 e. The fourth-order valence-corrected chi connectivity index (χ4v) is 6.80. The molecule has 0 amide bonds. The van der Waals surface area contributed by atoms with Gasteiger partial charge in [-0.3, -0.25) is 4.99 Å². The largest absolute Gasteiger partial charge is 0.416 e. The van der Waals surface area contributed by atoms with Gasteiger partial charge in [0.25, 0.3) is 0 Å². The second-order valence-electron chi connectivity index (χ2n) is 13.3. The summed E-state index contributed by atoms with van der Waals surface area (Å²) in [5, 5.41) is 0. The number of aliphatic imine (C=N–C) groups is 1. The number of H-pyrrole nitrogens is 2. The molecule has 1 fully saturated rings. The molecule has 54 heavy (non-hydrogen) atoms. The van der Waals surface area contributed by atoms with Gasteiger partial charge in [-0.05, 0) is 72.8 Å². The third-order valence-corrected chi connectivity index (χ3v) is 9.88. The molecule has 0 saturated carbocycles. The van der Waals surface area contributed by atoms with Crippen molar-refractivity contribution < 1.29 is 31.5 Å². The number of likely N-dealkylation sites (N-methyl/N-ethyl adjacent to an activating group) is 1. The molecule has 9 nitrogen and oxygen atoms in total. The summed E-state index contributed by atoms with van der Waals surface area (Å²) in [6.45, 7) is 4.03. The number of halogens is 5. The average Bonchev–Trinajstić information content (AvgIpc) is 3.94. The molecule has 1 saturated heterocycles. The Morgan fingerprint density at radius 2 is 1.24 bits per heavy atom. The average molecular weight is 734 g/mol. The van der Waals surface area contributed by atoms with Crippen LogP contribution in [0.1, 0.15) is 21.5 Å². The molecule has 0 spiro atoms. The number of anilines is 1. The standard InChI is InChI=1S/C40H28F5N7O2/c1-51-12-14-52(15-13-51)25-9-11-27-31(19-25)50-39(48-27)24-8-10-26-30(18-24)49-38(47-26)23-7-6-22-16-28(46-29(22)17-23)20-2-4-21(5-3-20)40(53)54-37-35(44)33(42)32(41)34(43)36(37)45/h2-11,17-19H,12-16H2,1H3,(H,47,49)(H,48,50). The molecule has 0 unspecified atom stereocenters. The summed E-state index contributed by atoms with van der Waals surface area (Å²) < 4.78 is 73.1. The Labute approximate surface area is 303 Å². The van der Waals surface area contributed by atoms with Crippen molar-refractivity contribution in [2.45, 2.75) is 6.42 Å². The molecular formula is C40H28F5N7O2. The van der Waals surface area contributed by atoms with Gasteiger partial charge in [-0.25, -0.2) is 27.9 Å². The number of benzene rings is 5. The van der Waals surface area contributed by atoms with Crippen LogP contribution in [0, 0.1) is 29.1 Å². The number of carbonyl (C=O) groups is 1. The lowest BCUT2D eigenvalue weighted by molar-refractivity contribution is 0.0716. The van der Waals surface area contributed by atoms with Crippen molar-refractivity contribution in [1.29, 1.82) is 0 Å². The molecule has 0 radical (unpaired) electrons. The predicted octanol–water partition coefficient (Wildman–Crippen LogP) is 8.12. The second-order valence-corrected chi connectivity index (χ2v) is 13.3. The van der Waals surface area contributed by atoms with Gasteiger partial charge in [-0.15, -0.1) is 0 Å². The van der Waals surface area contributed by atoms with Crippen molar-refractivity contribution in [1.82, 2.24) is 24.8 Å². The number of nitrogens with one attached hydrogen (secondary N) is 2. The molecule has 14 heteroatoms. The zero-order valence-electron chi connectivity index (χ0n) is 28.5. The molecular weight excluding hydrogens is 705 g/mol. The van der Waals surface area contributed by atoms with E-state index in [9.17, 15) is 26.7 Å². The van der Waals surface area contributed by atoms with Crippen LogP contribution in [0.5, 0.6) is 5.75 Å². The van der Waals surface area contributed by atoms with Crippen LogP contribution in [0.15, 0.2) is 83.9 Å². The first-order chi connectivity index (χ1) is 26.1. The van der Waals surface area contributed by atoms with Crippen LogP contribution >= 0.6 is 0 Å². The number of fused-ring (bicyclic) bond motifs is 3. The van der Waals surface area contributed by atoms with Gasteiger partial charge in [0, 0.05) is 49.4 Å². The molecule has 0 atom stereocenters. The lowest BCUT2D eigenvalue weighted by Gasteiger charge is -2.34. The maximum Gasteiger partial charge on any atom is 0.343 e. The number of aromatic nitrogens is 4.